The largest absolute Gasteiger partial charge is 0.385 e. The molecule has 0 bridgehead atoms. The minimum absolute atomic E-state index is 0.146. The van der Waals surface area contributed by atoms with Gasteiger partial charge < -0.3 is 10.4 Å². The van der Waals surface area contributed by atoms with Gasteiger partial charge >= 0.3 is 0 Å². The molecule has 0 aromatic rings. The molecule has 1 radical (unpaired) electrons. The average Bonchev–Trinajstić information content (AvgIpc) is 2.36. The summed E-state index contributed by atoms with van der Waals surface area (Å²) < 4.78 is 0. The molecule has 0 amide bonds. The summed E-state index contributed by atoms with van der Waals surface area (Å²) in [5.41, 5.74) is 0. The van der Waals surface area contributed by atoms with Crippen LogP contribution < -0.4 is 5.32 Å². The Bertz CT molecular complexity index is 128. The summed E-state index contributed by atoms with van der Waals surface area (Å²) in [6.07, 6.45) is 0.796. The van der Waals surface area contributed by atoms with Gasteiger partial charge in [0.25, 0.3) is 0 Å². The van der Waals surface area contributed by atoms with E-state index in [2.05, 4.69) is 12.2 Å². The highest BCUT2D eigenvalue weighted by Crippen LogP contribution is 2.07. The maximum atomic E-state index is 11.0. The summed E-state index contributed by atoms with van der Waals surface area (Å²) in [7, 11) is 0. The van der Waals surface area contributed by atoms with E-state index in [1.165, 1.54) is 0 Å². The van der Waals surface area contributed by atoms with Crippen molar-refractivity contribution in [3.8, 4) is 0 Å². The molecule has 0 aromatic carbocycles. The zero-order valence-corrected chi connectivity index (χ0v) is 5.84. The second-order valence-corrected chi connectivity index (χ2v) is 2.57. The lowest BCUT2D eigenvalue weighted by atomic mass is 10.1. The number of nitrogens with one attached hydrogen (secondary N) is 1. The van der Waals surface area contributed by atoms with Gasteiger partial charge in [-0.3, -0.25) is 4.79 Å². The summed E-state index contributed by atoms with van der Waals surface area (Å²) in [5, 5.41) is 11.8. The number of aliphatic hydroxyl groups excluding tert-OH is 1. The van der Waals surface area contributed by atoms with Crippen LogP contribution in [0.4, 0.5) is 0 Å². The first kappa shape index (κ1) is 7.69. The number of ketones is 1. The van der Waals surface area contributed by atoms with Gasteiger partial charge in [0, 0.05) is 0 Å². The van der Waals surface area contributed by atoms with Crippen molar-refractivity contribution >= 4 is 5.78 Å². The van der Waals surface area contributed by atoms with E-state index in [9.17, 15) is 4.79 Å². The van der Waals surface area contributed by atoms with E-state index in [0.717, 1.165) is 19.4 Å². The zero-order valence-electron chi connectivity index (χ0n) is 5.84. The van der Waals surface area contributed by atoms with E-state index in [-0.39, 0.29) is 11.8 Å². The van der Waals surface area contributed by atoms with Crippen LogP contribution in [-0.2, 0) is 4.79 Å². The molecule has 3 heteroatoms. The highest BCUT2D eigenvalue weighted by Gasteiger charge is 2.24. The van der Waals surface area contributed by atoms with Crippen molar-refractivity contribution < 1.29 is 9.90 Å². The third-order valence-corrected chi connectivity index (χ3v) is 1.73. The fraction of sp³-hybridized carbons (Fsp3) is 0.714. The number of hydrogen-bond acceptors (Lipinski definition) is 3. The molecule has 10 heavy (non-hydrogen) atoms. The van der Waals surface area contributed by atoms with E-state index >= 15 is 0 Å². The summed E-state index contributed by atoms with van der Waals surface area (Å²) in [5.74, 6) is -0.183. The fourth-order valence-electron chi connectivity index (χ4n) is 1.16. The van der Waals surface area contributed by atoms with E-state index in [1.807, 2.05) is 0 Å². The number of aliphatic hydroxyl groups is 1. The topological polar surface area (TPSA) is 49.3 Å². The number of rotatable bonds is 2. The lowest BCUT2D eigenvalue weighted by Crippen LogP contribution is -2.37. The molecule has 0 aliphatic carbocycles. The van der Waals surface area contributed by atoms with Crippen molar-refractivity contribution in [1.29, 1.82) is 0 Å². The van der Waals surface area contributed by atoms with Crippen molar-refractivity contribution in [3.63, 3.8) is 0 Å². The third kappa shape index (κ3) is 1.55. The second kappa shape index (κ2) is 3.12. The van der Waals surface area contributed by atoms with Crippen LogP contribution in [0.2, 0.25) is 0 Å². The molecular formula is C7H12NO2. The Morgan fingerprint density at radius 1 is 1.80 bits per heavy atom. The molecule has 1 aliphatic heterocycles. The Hall–Kier alpha value is -0.410. The summed E-state index contributed by atoms with van der Waals surface area (Å²) in [6, 6.07) is -0.146. The van der Waals surface area contributed by atoms with Crippen molar-refractivity contribution in [3.05, 3.63) is 6.92 Å². The number of hydrogen-bond donors (Lipinski definition) is 2. The quantitative estimate of drug-likeness (QED) is 0.546. The predicted molar refractivity (Wildman–Crippen MR) is 37.4 cm³/mol. The van der Waals surface area contributed by atoms with E-state index in [4.69, 9.17) is 5.11 Å². The standard InChI is InChI=1S/C7H12NO2/c1-5(9)7(10)6-3-2-4-8-6/h5-6,8-9H,1-4H2. The van der Waals surface area contributed by atoms with Crippen LogP contribution in [-0.4, -0.2) is 29.6 Å². The first-order chi connectivity index (χ1) is 4.72. The van der Waals surface area contributed by atoms with Crippen LogP contribution in [0.25, 0.3) is 0 Å². The van der Waals surface area contributed by atoms with Crippen LogP contribution in [0, 0.1) is 6.92 Å². The monoisotopic (exact) mass is 142 g/mol. The Morgan fingerprint density at radius 3 is 2.90 bits per heavy atom. The smallest absolute Gasteiger partial charge is 0.178 e. The Morgan fingerprint density at radius 2 is 2.50 bits per heavy atom. The van der Waals surface area contributed by atoms with Gasteiger partial charge in [-0.2, -0.15) is 0 Å². The van der Waals surface area contributed by atoms with Crippen molar-refractivity contribution in [1.82, 2.24) is 5.32 Å². The normalized spacial score (nSPS) is 28.4. The molecule has 0 spiro atoms. The van der Waals surface area contributed by atoms with Crippen molar-refractivity contribution in [2.24, 2.45) is 0 Å². The van der Waals surface area contributed by atoms with Gasteiger partial charge in [-0.25, -0.2) is 0 Å². The molecule has 1 saturated heterocycles. The molecule has 1 fully saturated rings. The van der Waals surface area contributed by atoms with Gasteiger partial charge in [-0.15, -0.1) is 0 Å². The van der Waals surface area contributed by atoms with Gasteiger partial charge in [0.2, 0.25) is 0 Å². The maximum absolute atomic E-state index is 11.0. The highest BCUT2D eigenvalue weighted by atomic mass is 16.3. The van der Waals surface area contributed by atoms with Crippen LogP contribution >= 0.6 is 0 Å². The SMILES string of the molecule is [CH2]C(O)C(=O)C1CCCN1. The molecule has 2 atom stereocenters. The molecule has 2 unspecified atom stereocenters. The fourth-order valence-corrected chi connectivity index (χ4v) is 1.16. The molecule has 1 rings (SSSR count). The number of Topliss-reactive ketones (excluding diaryl/α,β-unsaturated/α-hetero) is 1. The molecule has 1 heterocycles. The van der Waals surface area contributed by atoms with E-state index in [0.29, 0.717) is 0 Å². The summed E-state index contributed by atoms with van der Waals surface area (Å²) in [4.78, 5) is 11.0. The van der Waals surface area contributed by atoms with Gasteiger partial charge in [-0.1, -0.05) is 0 Å². The Labute approximate surface area is 60.4 Å². The van der Waals surface area contributed by atoms with E-state index < -0.39 is 6.10 Å². The van der Waals surface area contributed by atoms with Gasteiger partial charge in [0.15, 0.2) is 5.78 Å². The number of carbonyl (C=O) groups excluding carboxylic acids is 1. The molecule has 0 aromatic heterocycles. The molecule has 1 aliphatic rings. The molecule has 2 N–H and O–H groups in total. The van der Waals surface area contributed by atoms with E-state index in [1.54, 1.807) is 0 Å². The first-order valence-corrected chi connectivity index (χ1v) is 3.50. The second-order valence-electron chi connectivity index (χ2n) is 2.57. The molecule has 57 valence electrons. The summed E-state index contributed by atoms with van der Waals surface area (Å²) in [6.45, 7) is 4.13. The van der Waals surface area contributed by atoms with Gasteiger partial charge in [0.1, 0.15) is 6.10 Å². The van der Waals surface area contributed by atoms with Crippen LogP contribution in [0.3, 0.4) is 0 Å². The number of carbonyl (C=O) groups is 1. The van der Waals surface area contributed by atoms with Gasteiger partial charge in [0.05, 0.1) is 6.04 Å². The van der Waals surface area contributed by atoms with Crippen LogP contribution in [0.15, 0.2) is 0 Å². The average molecular weight is 142 g/mol. The minimum Gasteiger partial charge on any atom is -0.385 e. The first-order valence-electron chi connectivity index (χ1n) is 3.50. The third-order valence-electron chi connectivity index (χ3n) is 1.73. The molecule has 0 saturated carbocycles. The minimum atomic E-state index is -1.06. The van der Waals surface area contributed by atoms with Crippen molar-refractivity contribution in [2.75, 3.05) is 6.54 Å². The van der Waals surface area contributed by atoms with Gasteiger partial charge in [-0.05, 0) is 26.3 Å². The Balaban J connectivity index is 2.40. The lowest BCUT2D eigenvalue weighted by Gasteiger charge is -2.09. The van der Waals surface area contributed by atoms with Crippen molar-refractivity contribution in [2.45, 2.75) is 25.0 Å². The highest BCUT2D eigenvalue weighted by molar-refractivity contribution is 5.88. The Kier molecular flexibility index (Phi) is 2.40. The predicted octanol–water partition coefficient (Wildman–Crippen LogP) is -0.498. The molecule has 3 nitrogen and oxygen atoms in total. The molecular weight excluding hydrogens is 130 g/mol. The maximum Gasteiger partial charge on any atom is 0.178 e. The lowest BCUT2D eigenvalue weighted by molar-refractivity contribution is -0.126. The van der Waals surface area contributed by atoms with Crippen LogP contribution in [0.1, 0.15) is 12.8 Å². The zero-order chi connectivity index (χ0) is 7.56. The summed E-state index contributed by atoms with van der Waals surface area (Å²) >= 11 is 0. The van der Waals surface area contributed by atoms with Crippen LogP contribution in [0.5, 0.6) is 0 Å².